The SMILES string of the molecule is CC(=O)[C@@]1(O)CC[C@H]2C3=CC(C)=C4C=CCC[C@]4(C)[C@H]3CC[C@@]21C. The van der Waals surface area contributed by atoms with E-state index in [0.717, 1.165) is 25.7 Å². The van der Waals surface area contributed by atoms with Crippen LogP contribution in [0.25, 0.3) is 0 Å². The van der Waals surface area contributed by atoms with Crippen molar-refractivity contribution in [1.29, 1.82) is 0 Å². The number of fused-ring (bicyclic) bond motifs is 5. The minimum atomic E-state index is -1.13. The smallest absolute Gasteiger partial charge is 0.161 e. The van der Waals surface area contributed by atoms with Gasteiger partial charge in [0.05, 0.1) is 0 Å². The molecule has 0 saturated heterocycles. The molecule has 5 atom stereocenters. The number of hydrogen-bond acceptors (Lipinski definition) is 2. The van der Waals surface area contributed by atoms with Crippen molar-refractivity contribution in [3.05, 3.63) is 34.9 Å². The fourth-order valence-corrected chi connectivity index (χ4v) is 6.66. The van der Waals surface area contributed by atoms with Crippen LogP contribution in [-0.2, 0) is 4.79 Å². The Morgan fingerprint density at radius 1 is 1.17 bits per heavy atom. The highest BCUT2D eigenvalue weighted by Gasteiger charge is 2.63. The molecule has 0 heterocycles. The Kier molecular flexibility index (Phi) is 3.36. The van der Waals surface area contributed by atoms with Gasteiger partial charge in [-0.1, -0.05) is 37.6 Å². The maximum absolute atomic E-state index is 12.3. The fourth-order valence-electron chi connectivity index (χ4n) is 6.66. The molecule has 0 spiro atoms. The van der Waals surface area contributed by atoms with Crippen LogP contribution in [0.1, 0.15) is 66.2 Å². The predicted molar refractivity (Wildman–Crippen MR) is 96.4 cm³/mol. The molecule has 4 rings (SSSR count). The molecule has 0 bridgehead atoms. The molecule has 0 aromatic carbocycles. The number of ketones is 1. The average molecular weight is 326 g/mol. The molecule has 24 heavy (non-hydrogen) atoms. The third-order valence-electron chi connectivity index (χ3n) is 8.16. The number of hydrogen-bond donors (Lipinski definition) is 1. The summed E-state index contributed by atoms with van der Waals surface area (Å²) in [7, 11) is 0. The lowest BCUT2D eigenvalue weighted by molar-refractivity contribution is -0.150. The van der Waals surface area contributed by atoms with Crippen molar-refractivity contribution in [2.24, 2.45) is 22.7 Å². The van der Waals surface area contributed by atoms with Crippen LogP contribution in [0.4, 0.5) is 0 Å². The Morgan fingerprint density at radius 3 is 2.58 bits per heavy atom. The first-order valence-corrected chi connectivity index (χ1v) is 9.57. The summed E-state index contributed by atoms with van der Waals surface area (Å²) in [4.78, 5) is 12.3. The van der Waals surface area contributed by atoms with Gasteiger partial charge in [0.15, 0.2) is 5.78 Å². The van der Waals surface area contributed by atoms with Crippen LogP contribution in [0.2, 0.25) is 0 Å². The molecule has 2 nitrogen and oxygen atoms in total. The van der Waals surface area contributed by atoms with Crippen molar-refractivity contribution in [1.82, 2.24) is 0 Å². The molecule has 0 amide bonds. The molecule has 0 radical (unpaired) electrons. The lowest BCUT2D eigenvalue weighted by Crippen LogP contribution is -2.54. The second kappa shape index (κ2) is 4.94. The second-order valence-corrected chi connectivity index (χ2v) is 9.12. The molecule has 2 heteroatoms. The number of aliphatic hydroxyl groups is 1. The van der Waals surface area contributed by atoms with Crippen molar-refractivity contribution in [3.63, 3.8) is 0 Å². The zero-order valence-electron chi connectivity index (χ0n) is 15.5. The van der Waals surface area contributed by atoms with Gasteiger partial charge in [-0.15, -0.1) is 0 Å². The van der Waals surface area contributed by atoms with Gasteiger partial charge in [0.1, 0.15) is 5.60 Å². The number of allylic oxidation sites excluding steroid dienone is 6. The van der Waals surface area contributed by atoms with E-state index in [4.69, 9.17) is 0 Å². The van der Waals surface area contributed by atoms with Crippen molar-refractivity contribution in [2.75, 3.05) is 0 Å². The Balaban J connectivity index is 1.83. The Labute approximate surface area is 145 Å². The number of rotatable bonds is 1. The van der Waals surface area contributed by atoms with E-state index in [1.807, 2.05) is 0 Å². The van der Waals surface area contributed by atoms with Crippen LogP contribution in [0.15, 0.2) is 34.9 Å². The highest BCUT2D eigenvalue weighted by Crippen LogP contribution is 2.66. The molecule has 0 aromatic heterocycles. The first-order valence-electron chi connectivity index (χ1n) is 9.57. The molecule has 0 aromatic rings. The van der Waals surface area contributed by atoms with Crippen molar-refractivity contribution in [2.45, 2.75) is 71.8 Å². The highest BCUT2D eigenvalue weighted by molar-refractivity contribution is 5.86. The van der Waals surface area contributed by atoms with Crippen LogP contribution in [0.5, 0.6) is 0 Å². The Morgan fingerprint density at radius 2 is 1.88 bits per heavy atom. The molecule has 4 aliphatic rings. The van der Waals surface area contributed by atoms with Crippen molar-refractivity contribution >= 4 is 5.78 Å². The van der Waals surface area contributed by atoms with Crippen LogP contribution in [0, 0.1) is 22.7 Å². The summed E-state index contributed by atoms with van der Waals surface area (Å²) in [6, 6.07) is 0. The summed E-state index contributed by atoms with van der Waals surface area (Å²) in [5.41, 5.74) is 3.25. The van der Waals surface area contributed by atoms with Crippen LogP contribution in [-0.4, -0.2) is 16.5 Å². The summed E-state index contributed by atoms with van der Waals surface area (Å²) in [5, 5.41) is 11.2. The van der Waals surface area contributed by atoms with E-state index in [9.17, 15) is 9.90 Å². The van der Waals surface area contributed by atoms with Gasteiger partial charge in [0.2, 0.25) is 0 Å². The fraction of sp³-hybridized carbons (Fsp3) is 0.682. The van der Waals surface area contributed by atoms with Crippen LogP contribution >= 0.6 is 0 Å². The molecule has 2 saturated carbocycles. The molecule has 2 fully saturated rings. The van der Waals surface area contributed by atoms with E-state index in [1.54, 1.807) is 6.92 Å². The summed E-state index contributed by atoms with van der Waals surface area (Å²) >= 11 is 0. The molecular formula is C22H30O2. The first-order chi connectivity index (χ1) is 11.2. The maximum atomic E-state index is 12.3. The van der Waals surface area contributed by atoms with Gasteiger partial charge in [0, 0.05) is 5.41 Å². The largest absolute Gasteiger partial charge is 0.381 e. The van der Waals surface area contributed by atoms with Gasteiger partial charge >= 0.3 is 0 Å². The quantitative estimate of drug-likeness (QED) is 0.755. The topological polar surface area (TPSA) is 37.3 Å². The zero-order chi connectivity index (χ0) is 17.3. The molecule has 0 aliphatic heterocycles. The summed E-state index contributed by atoms with van der Waals surface area (Å²) < 4.78 is 0. The van der Waals surface area contributed by atoms with Crippen LogP contribution in [0.3, 0.4) is 0 Å². The monoisotopic (exact) mass is 326 g/mol. The van der Waals surface area contributed by atoms with Crippen molar-refractivity contribution < 1.29 is 9.90 Å². The lowest BCUT2D eigenvalue weighted by atomic mass is 9.50. The first kappa shape index (κ1) is 16.3. The number of carbonyl (C=O) groups is 1. The molecule has 4 aliphatic carbocycles. The van der Waals surface area contributed by atoms with Gasteiger partial charge < -0.3 is 5.11 Å². The normalized spacial score (nSPS) is 47.0. The van der Waals surface area contributed by atoms with E-state index in [-0.39, 0.29) is 16.6 Å². The average Bonchev–Trinajstić information content (AvgIpc) is 2.81. The maximum Gasteiger partial charge on any atom is 0.161 e. The molecular weight excluding hydrogens is 296 g/mol. The third kappa shape index (κ3) is 1.78. The zero-order valence-corrected chi connectivity index (χ0v) is 15.5. The summed E-state index contributed by atoms with van der Waals surface area (Å²) in [6.45, 7) is 8.43. The Bertz CT molecular complexity index is 697. The molecule has 130 valence electrons. The third-order valence-corrected chi connectivity index (χ3v) is 8.16. The molecule has 1 N–H and O–H groups in total. The van der Waals surface area contributed by atoms with Gasteiger partial charge in [-0.3, -0.25) is 4.79 Å². The van der Waals surface area contributed by atoms with E-state index < -0.39 is 5.60 Å². The van der Waals surface area contributed by atoms with E-state index in [0.29, 0.717) is 18.3 Å². The van der Waals surface area contributed by atoms with Gasteiger partial charge in [-0.25, -0.2) is 0 Å². The second-order valence-electron chi connectivity index (χ2n) is 9.12. The van der Waals surface area contributed by atoms with E-state index in [1.165, 1.54) is 23.1 Å². The van der Waals surface area contributed by atoms with E-state index in [2.05, 4.69) is 39.0 Å². The van der Waals surface area contributed by atoms with Gasteiger partial charge in [0.25, 0.3) is 0 Å². The van der Waals surface area contributed by atoms with E-state index >= 15 is 0 Å². The predicted octanol–water partition coefficient (Wildman–Crippen LogP) is 4.75. The Hall–Kier alpha value is -1.15. The lowest BCUT2D eigenvalue weighted by Gasteiger charge is -2.55. The minimum absolute atomic E-state index is 0.0397. The number of Topliss-reactive ketones (excluding diaryl/α,β-unsaturated/α-hetero) is 1. The van der Waals surface area contributed by atoms with Gasteiger partial charge in [-0.05, 0) is 80.8 Å². The van der Waals surface area contributed by atoms with Crippen molar-refractivity contribution in [3.8, 4) is 0 Å². The standard InChI is InChI=1S/C22H30O2/c1-14-13-16-18(20(3)10-6-5-7-17(14)20)8-11-21(4)19(16)9-12-22(21,24)15(2)23/h5,7,13,18-19,24H,6,8-12H2,1-4H3/t18-,19-,20-,21-,22-/m0/s1. The minimum Gasteiger partial charge on any atom is -0.381 e. The summed E-state index contributed by atoms with van der Waals surface area (Å²) in [5.74, 6) is 0.889. The highest BCUT2D eigenvalue weighted by atomic mass is 16.3. The molecule has 0 unspecified atom stereocenters. The van der Waals surface area contributed by atoms with Gasteiger partial charge in [-0.2, -0.15) is 0 Å². The van der Waals surface area contributed by atoms with Crippen LogP contribution < -0.4 is 0 Å². The summed E-state index contributed by atoms with van der Waals surface area (Å²) in [6.07, 6.45) is 13.1. The number of carbonyl (C=O) groups excluding carboxylic acids is 1.